The molecule has 0 heterocycles. The standard InChI is InChI=1S/C44H64O4/c1-9-11-13-15-33-25-39(45)43(37-23-31(7)17-19-35(37)29(3)4)41(27-33)47-21-22-48-42-28-34(16-14-12-10-2)26-40(46)44(42)38-24-32(8)18-20-36(38)30(5)6/h17,19,23,25-30,32,36,38,45-46H,9-16,18,20-22,24H2,1-8H3/t32-,36+,38-/m1/s1. The molecule has 2 N–H and O–H groups in total. The van der Waals surface area contributed by atoms with Crippen molar-refractivity contribution in [2.45, 2.75) is 138 Å². The van der Waals surface area contributed by atoms with Crippen molar-refractivity contribution in [2.75, 3.05) is 13.2 Å². The fourth-order valence-electron chi connectivity index (χ4n) is 7.87. The van der Waals surface area contributed by atoms with Crippen molar-refractivity contribution >= 4 is 0 Å². The van der Waals surface area contributed by atoms with Gasteiger partial charge < -0.3 is 19.7 Å². The Morgan fingerprint density at radius 1 is 0.750 bits per heavy atom. The van der Waals surface area contributed by atoms with Gasteiger partial charge in [-0.15, -0.1) is 0 Å². The van der Waals surface area contributed by atoms with Gasteiger partial charge in [-0.2, -0.15) is 0 Å². The molecule has 0 unspecified atom stereocenters. The predicted octanol–water partition coefficient (Wildman–Crippen LogP) is 12.3. The first-order valence-corrected chi connectivity index (χ1v) is 19.1. The van der Waals surface area contributed by atoms with Gasteiger partial charge in [-0.05, 0) is 122 Å². The molecule has 1 fully saturated rings. The van der Waals surface area contributed by atoms with E-state index in [-0.39, 0.29) is 11.7 Å². The van der Waals surface area contributed by atoms with E-state index in [1.807, 2.05) is 12.1 Å². The number of unbranched alkanes of at least 4 members (excludes halogenated alkanes) is 4. The molecule has 0 spiro atoms. The van der Waals surface area contributed by atoms with E-state index < -0.39 is 0 Å². The largest absolute Gasteiger partial charge is 0.508 e. The fourth-order valence-corrected chi connectivity index (χ4v) is 7.87. The molecule has 3 aromatic carbocycles. The van der Waals surface area contributed by atoms with Gasteiger partial charge in [0.05, 0.1) is 5.56 Å². The summed E-state index contributed by atoms with van der Waals surface area (Å²) in [6.07, 6.45) is 12.2. The Morgan fingerprint density at radius 2 is 1.35 bits per heavy atom. The first-order valence-electron chi connectivity index (χ1n) is 19.1. The Bertz CT molecular complexity index is 1450. The molecule has 0 radical (unpaired) electrons. The highest BCUT2D eigenvalue weighted by Gasteiger charge is 2.35. The third kappa shape index (κ3) is 9.73. The maximum Gasteiger partial charge on any atom is 0.131 e. The maximum atomic E-state index is 11.6. The van der Waals surface area contributed by atoms with E-state index in [4.69, 9.17) is 9.47 Å². The molecule has 1 aliphatic carbocycles. The lowest BCUT2D eigenvalue weighted by Gasteiger charge is -2.38. The molecule has 4 heteroatoms. The number of hydrogen-bond acceptors (Lipinski definition) is 4. The van der Waals surface area contributed by atoms with Crippen LogP contribution in [0.4, 0.5) is 0 Å². The minimum absolute atomic E-state index is 0.269. The summed E-state index contributed by atoms with van der Waals surface area (Å²) < 4.78 is 13.2. The van der Waals surface area contributed by atoms with E-state index in [9.17, 15) is 10.2 Å². The highest BCUT2D eigenvalue weighted by Crippen LogP contribution is 2.50. The number of benzene rings is 3. The Morgan fingerprint density at radius 3 is 1.96 bits per heavy atom. The molecule has 3 atom stereocenters. The van der Waals surface area contributed by atoms with Gasteiger partial charge >= 0.3 is 0 Å². The molecule has 264 valence electrons. The van der Waals surface area contributed by atoms with Gasteiger partial charge in [0.15, 0.2) is 0 Å². The third-order valence-corrected chi connectivity index (χ3v) is 10.6. The predicted molar refractivity (Wildman–Crippen MR) is 202 cm³/mol. The highest BCUT2D eigenvalue weighted by molar-refractivity contribution is 5.80. The molecule has 0 aromatic heterocycles. The number of phenolic OH excluding ortho intramolecular Hbond substituents is 2. The minimum Gasteiger partial charge on any atom is -0.508 e. The first-order chi connectivity index (χ1) is 23.0. The van der Waals surface area contributed by atoms with Crippen molar-refractivity contribution in [1.82, 2.24) is 0 Å². The van der Waals surface area contributed by atoms with E-state index in [1.54, 1.807) is 0 Å². The zero-order chi connectivity index (χ0) is 34.8. The molecule has 1 aliphatic rings. The second kappa shape index (κ2) is 18.0. The van der Waals surface area contributed by atoms with Crippen molar-refractivity contribution in [3.63, 3.8) is 0 Å². The summed E-state index contributed by atoms with van der Waals surface area (Å²) in [6.45, 7) is 18.6. The van der Waals surface area contributed by atoms with Crippen LogP contribution in [-0.2, 0) is 12.8 Å². The van der Waals surface area contributed by atoms with Crippen molar-refractivity contribution in [3.8, 4) is 34.1 Å². The van der Waals surface area contributed by atoms with Crippen molar-refractivity contribution in [2.24, 2.45) is 17.8 Å². The van der Waals surface area contributed by atoms with Crippen LogP contribution in [-0.4, -0.2) is 23.4 Å². The number of rotatable bonds is 17. The van der Waals surface area contributed by atoms with Gasteiger partial charge in [0.2, 0.25) is 0 Å². The van der Waals surface area contributed by atoms with Crippen molar-refractivity contribution < 1.29 is 19.7 Å². The van der Waals surface area contributed by atoms with Crippen molar-refractivity contribution in [1.29, 1.82) is 0 Å². The normalized spacial score (nSPS) is 18.1. The average molecular weight is 657 g/mol. The van der Waals surface area contributed by atoms with E-state index >= 15 is 0 Å². The Hall–Kier alpha value is -3.14. The van der Waals surface area contributed by atoms with E-state index in [1.165, 1.54) is 31.2 Å². The molecule has 0 saturated heterocycles. The second-order valence-electron chi connectivity index (χ2n) is 15.3. The van der Waals surface area contributed by atoms with Crippen LogP contribution in [0.15, 0.2) is 42.5 Å². The van der Waals surface area contributed by atoms with Gasteiger partial charge in [-0.25, -0.2) is 0 Å². The van der Waals surface area contributed by atoms with E-state index in [0.717, 1.165) is 84.1 Å². The van der Waals surface area contributed by atoms with E-state index in [0.29, 0.717) is 48.4 Å². The molecule has 1 saturated carbocycles. The molecular formula is C44H64O4. The number of aryl methyl sites for hydroxylation is 3. The van der Waals surface area contributed by atoms with Gasteiger partial charge in [0.1, 0.15) is 36.2 Å². The number of ether oxygens (including phenoxy) is 2. The monoisotopic (exact) mass is 656 g/mol. The summed E-state index contributed by atoms with van der Waals surface area (Å²) in [6, 6.07) is 14.7. The summed E-state index contributed by atoms with van der Waals surface area (Å²) in [4.78, 5) is 0. The molecule has 4 rings (SSSR count). The van der Waals surface area contributed by atoms with Crippen LogP contribution >= 0.6 is 0 Å². The average Bonchev–Trinajstić information content (AvgIpc) is 3.02. The molecule has 3 aromatic rings. The smallest absolute Gasteiger partial charge is 0.131 e. The number of phenols is 2. The van der Waals surface area contributed by atoms with Gasteiger partial charge in [0.25, 0.3) is 0 Å². The molecular weight excluding hydrogens is 592 g/mol. The van der Waals surface area contributed by atoms with Crippen LogP contribution in [0.2, 0.25) is 0 Å². The topological polar surface area (TPSA) is 58.9 Å². The zero-order valence-electron chi connectivity index (χ0n) is 31.3. The summed E-state index contributed by atoms with van der Waals surface area (Å²) in [5.74, 6) is 4.42. The number of hydrogen-bond donors (Lipinski definition) is 2. The molecule has 48 heavy (non-hydrogen) atoms. The van der Waals surface area contributed by atoms with Crippen LogP contribution in [0.3, 0.4) is 0 Å². The number of aromatic hydroxyl groups is 2. The van der Waals surface area contributed by atoms with Crippen LogP contribution in [0, 0.1) is 24.7 Å². The lowest BCUT2D eigenvalue weighted by Crippen LogP contribution is -2.27. The van der Waals surface area contributed by atoms with E-state index in [2.05, 4.69) is 85.7 Å². The fraction of sp³-hybridized carbons (Fsp3) is 0.591. The van der Waals surface area contributed by atoms with Gasteiger partial charge in [0, 0.05) is 5.56 Å². The Balaban J connectivity index is 1.65. The quantitative estimate of drug-likeness (QED) is 0.142. The maximum absolute atomic E-state index is 11.6. The molecule has 0 amide bonds. The van der Waals surface area contributed by atoms with Crippen LogP contribution in [0.25, 0.3) is 11.1 Å². The SMILES string of the molecule is CCCCCc1cc(O)c(-c2cc(C)ccc2C(C)C)c(OCCOc2cc(CCCCC)cc(O)c2[C@@H]2C[C@H](C)CC[C@H]2C(C)C)c1. The molecule has 0 bridgehead atoms. The van der Waals surface area contributed by atoms with Crippen LogP contribution in [0.5, 0.6) is 23.0 Å². The van der Waals surface area contributed by atoms with Gasteiger partial charge in [-0.3, -0.25) is 0 Å². The Labute approximate surface area is 292 Å². The molecule has 4 nitrogen and oxygen atoms in total. The van der Waals surface area contributed by atoms with Crippen LogP contribution in [0.1, 0.15) is 146 Å². The lowest BCUT2D eigenvalue weighted by atomic mass is 9.67. The third-order valence-electron chi connectivity index (χ3n) is 10.6. The Kier molecular flexibility index (Phi) is 14.1. The van der Waals surface area contributed by atoms with Crippen molar-refractivity contribution in [3.05, 3.63) is 70.3 Å². The highest BCUT2D eigenvalue weighted by atomic mass is 16.5. The first kappa shape index (κ1) is 37.7. The zero-order valence-corrected chi connectivity index (χ0v) is 31.3. The summed E-state index contributed by atoms with van der Waals surface area (Å²) in [5.41, 5.74) is 7.34. The summed E-state index contributed by atoms with van der Waals surface area (Å²) in [5, 5.41) is 23.1. The molecule has 0 aliphatic heterocycles. The minimum atomic E-state index is 0.269. The summed E-state index contributed by atoms with van der Waals surface area (Å²) >= 11 is 0. The second-order valence-corrected chi connectivity index (χ2v) is 15.3. The van der Waals surface area contributed by atoms with Crippen LogP contribution < -0.4 is 9.47 Å². The van der Waals surface area contributed by atoms with Gasteiger partial charge in [-0.1, -0.05) is 104 Å². The summed E-state index contributed by atoms with van der Waals surface area (Å²) in [7, 11) is 0. The lowest BCUT2D eigenvalue weighted by molar-refractivity contribution is 0.183.